The maximum absolute atomic E-state index is 12.2. The minimum Gasteiger partial charge on any atom is -0.293 e. The number of anilines is 1. The molecule has 0 saturated heterocycles. The Morgan fingerprint density at radius 3 is 2.44 bits per heavy atom. The number of aromatic nitrogens is 3. The summed E-state index contributed by atoms with van der Waals surface area (Å²) in [6, 6.07) is 0. The number of rotatable bonds is 3. The molecule has 102 valence electrons. The largest absolute Gasteiger partial charge is 0.451 e. The SMILES string of the molecule is CC(C)(C)SCC(=O)Nc1n[nH]c(C(F)(F)F)n1. The second kappa shape index (κ2) is 5.17. The Hall–Kier alpha value is -1.25. The molecule has 18 heavy (non-hydrogen) atoms. The summed E-state index contributed by atoms with van der Waals surface area (Å²) in [6.07, 6.45) is -4.60. The van der Waals surface area contributed by atoms with Crippen molar-refractivity contribution < 1.29 is 18.0 Å². The van der Waals surface area contributed by atoms with E-state index in [1.54, 1.807) is 5.10 Å². The molecule has 0 saturated carbocycles. The van der Waals surface area contributed by atoms with Crippen LogP contribution in [0.4, 0.5) is 19.1 Å². The van der Waals surface area contributed by atoms with Gasteiger partial charge in [-0.25, -0.2) is 0 Å². The zero-order valence-corrected chi connectivity index (χ0v) is 10.9. The van der Waals surface area contributed by atoms with E-state index in [9.17, 15) is 18.0 Å². The third-order valence-electron chi connectivity index (χ3n) is 1.64. The van der Waals surface area contributed by atoms with Gasteiger partial charge in [0.25, 0.3) is 0 Å². The lowest BCUT2D eigenvalue weighted by atomic mass is 10.3. The van der Waals surface area contributed by atoms with E-state index in [0.29, 0.717) is 0 Å². The Labute approximate surface area is 106 Å². The van der Waals surface area contributed by atoms with Crippen molar-refractivity contribution >= 4 is 23.6 Å². The van der Waals surface area contributed by atoms with Crippen LogP contribution in [0.5, 0.6) is 0 Å². The Kier molecular flexibility index (Phi) is 4.25. The van der Waals surface area contributed by atoms with Crippen LogP contribution in [-0.2, 0) is 11.0 Å². The van der Waals surface area contributed by atoms with Gasteiger partial charge >= 0.3 is 6.18 Å². The van der Waals surface area contributed by atoms with Crippen molar-refractivity contribution in [2.75, 3.05) is 11.1 Å². The molecule has 5 nitrogen and oxygen atoms in total. The van der Waals surface area contributed by atoms with Gasteiger partial charge in [0.2, 0.25) is 17.7 Å². The lowest BCUT2D eigenvalue weighted by Crippen LogP contribution is -2.19. The fraction of sp³-hybridized carbons (Fsp3) is 0.667. The van der Waals surface area contributed by atoms with Gasteiger partial charge in [0.15, 0.2) is 0 Å². The summed E-state index contributed by atoms with van der Waals surface area (Å²) in [5.41, 5.74) is 0. The molecule has 0 aliphatic rings. The molecule has 0 spiro atoms. The van der Waals surface area contributed by atoms with Crippen molar-refractivity contribution in [3.8, 4) is 0 Å². The molecule has 0 aliphatic heterocycles. The molecule has 0 aliphatic carbocycles. The van der Waals surface area contributed by atoms with Crippen molar-refractivity contribution in [2.24, 2.45) is 0 Å². The highest BCUT2D eigenvalue weighted by atomic mass is 32.2. The first-order chi connectivity index (χ1) is 8.08. The topological polar surface area (TPSA) is 70.7 Å². The molecule has 1 amide bonds. The smallest absolute Gasteiger partial charge is 0.293 e. The van der Waals surface area contributed by atoms with Crippen molar-refractivity contribution in [3.63, 3.8) is 0 Å². The van der Waals surface area contributed by atoms with E-state index >= 15 is 0 Å². The van der Waals surface area contributed by atoms with Crippen LogP contribution in [-0.4, -0.2) is 31.6 Å². The van der Waals surface area contributed by atoms with E-state index in [1.165, 1.54) is 11.8 Å². The Bertz CT molecular complexity index is 424. The zero-order valence-electron chi connectivity index (χ0n) is 10.1. The summed E-state index contributed by atoms with van der Waals surface area (Å²) < 4.78 is 36.5. The predicted octanol–water partition coefficient (Wildman–Crippen LogP) is 2.29. The number of thioether (sulfide) groups is 1. The van der Waals surface area contributed by atoms with Crippen molar-refractivity contribution in [3.05, 3.63) is 5.82 Å². The fourth-order valence-electron chi connectivity index (χ4n) is 0.887. The number of nitrogens with one attached hydrogen (secondary N) is 2. The highest BCUT2D eigenvalue weighted by Gasteiger charge is 2.35. The second-order valence-corrected chi connectivity index (χ2v) is 6.26. The third kappa shape index (κ3) is 4.94. The molecule has 2 N–H and O–H groups in total. The van der Waals surface area contributed by atoms with Gasteiger partial charge in [0.1, 0.15) is 0 Å². The van der Waals surface area contributed by atoms with Crippen LogP contribution in [0.2, 0.25) is 0 Å². The number of H-pyrrole nitrogens is 1. The van der Waals surface area contributed by atoms with Gasteiger partial charge in [-0.2, -0.15) is 18.2 Å². The summed E-state index contributed by atoms with van der Waals surface area (Å²) in [4.78, 5) is 14.5. The van der Waals surface area contributed by atoms with E-state index in [1.807, 2.05) is 20.8 Å². The molecular formula is C9H13F3N4OS. The van der Waals surface area contributed by atoms with Crippen LogP contribution < -0.4 is 5.32 Å². The molecular weight excluding hydrogens is 269 g/mol. The molecule has 0 aromatic carbocycles. The summed E-state index contributed by atoms with van der Waals surface area (Å²) >= 11 is 1.37. The normalized spacial score (nSPS) is 12.6. The Morgan fingerprint density at radius 1 is 1.39 bits per heavy atom. The van der Waals surface area contributed by atoms with Crippen LogP contribution in [0.3, 0.4) is 0 Å². The number of hydrogen-bond donors (Lipinski definition) is 2. The number of hydrogen-bond acceptors (Lipinski definition) is 4. The number of halogens is 3. The Balaban J connectivity index is 2.53. The number of carbonyl (C=O) groups excluding carboxylic acids is 1. The summed E-state index contributed by atoms with van der Waals surface area (Å²) in [7, 11) is 0. The monoisotopic (exact) mass is 282 g/mol. The lowest BCUT2D eigenvalue weighted by Gasteiger charge is -2.16. The molecule has 0 fully saturated rings. The van der Waals surface area contributed by atoms with Crippen molar-refractivity contribution in [1.29, 1.82) is 0 Å². The van der Waals surface area contributed by atoms with Crippen molar-refractivity contribution in [2.45, 2.75) is 31.7 Å². The molecule has 9 heteroatoms. The summed E-state index contributed by atoms with van der Waals surface area (Å²) in [6.45, 7) is 5.79. The molecule has 0 atom stereocenters. The maximum Gasteiger partial charge on any atom is 0.451 e. The van der Waals surface area contributed by atoms with E-state index in [0.717, 1.165) is 0 Å². The highest BCUT2D eigenvalue weighted by molar-refractivity contribution is 8.01. The number of aromatic amines is 1. The van der Waals surface area contributed by atoms with Gasteiger partial charge in [-0.15, -0.1) is 16.9 Å². The van der Waals surface area contributed by atoms with Gasteiger partial charge in [0.05, 0.1) is 5.75 Å². The molecule has 1 aromatic heterocycles. The van der Waals surface area contributed by atoms with Gasteiger partial charge in [-0.05, 0) is 0 Å². The number of alkyl halides is 3. The molecule has 0 bridgehead atoms. The quantitative estimate of drug-likeness (QED) is 0.892. The summed E-state index contributed by atoms with van der Waals surface area (Å²) in [5.74, 6) is -1.93. The van der Waals surface area contributed by atoms with Crippen LogP contribution >= 0.6 is 11.8 Å². The number of amides is 1. The molecule has 1 rings (SSSR count). The summed E-state index contributed by atoms with van der Waals surface area (Å²) in [5, 5.41) is 7.18. The average molecular weight is 282 g/mol. The number of carbonyl (C=O) groups is 1. The standard InChI is InChI=1S/C9H13F3N4OS/c1-8(2,3)18-4-5(17)13-7-14-6(15-16-7)9(10,11)12/h4H2,1-3H3,(H2,13,14,15,16,17). The highest BCUT2D eigenvalue weighted by Crippen LogP contribution is 2.26. The van der Waals surface area contributed by atoms with Crippen LogP contribution in [0, 0.1) is 0 Å². The van der Waals surface area contributed by atoms with E-state index in [-0.39, 0.29) is 16.4 Å². The molecule has 0 unspecified atom stereocenters. The van der Waals surface area contributed by atoms with Crippen LogP contribution in [0.1, 0.15) is 26.6 Å². The fourth-order valence-corrected chi connectivity index (χ4v) is 1.52. The molecule has 1 heterocycles. The van der Waals surface area contributed by atoms with E-state index in [2.05, 4.69) is 15.4 Å². The lowest BCUT2D eigenvalue weighted by molar-refractivity contribution is -0.144. The van der Waals surface area contributed by atoms with Gasteiger partial charge in [-0.1, -0.05) is 20.8 Å². The Morgan fingerprint density at radius 2 is 2.00 bits per heavy atom. The van der Waals surface area contributed by atoms with Gasteiger partial charge < -0.3 is 0 Å². The predicted molar refractivity (Wildman–Crippen MR) is 62.2 cm³/mol. The van der Waals surface area contributed by atoms with Gasteiger partial charge in [0, 0.05) is 4.75 Å². The first-order valence-electron chi connectivity index (χ1n) is 5.01. The van der Waals surface area contributed by atoms with Gasteiger partial charge in [-0.3, -0.25) is 15.2 Å². The average Bonchev–Trinajstić information content (AvgIpc) is 2.61. The first-order valence-corrected chi connectivity index (χ1v) is 6.00. The minimum absolute atomic E-state index is 0.104. The molecule has 0 radical (unpaired) electrons. The van der Waals surface area contributed by atoms with E-state index in [4.69, 9.17) is 0 Å². The van der Waals surface area contributed by atoms with Crippen molar-refractivity contribution in [1.82, 2.24) is 15.2 Å². The maximum atomic E-state index is 12.2. The van der Waals surface area contributed by atoms with E-state index < -0.39 is 17.9 Å². The first kappa shape index (κ1) is 14.8. The molecule has 1 aromatic rings. The second-order valence-electron chi connectivity index (χ2n) is 4.45. The number of nitrogens with zero attached hydrogens (tertiary/aromatic N) is 2. The minimum atomic E-state index is -4.60. The van der Waals surface area contributed by atoms with Crippen LogP contribution in [0.15, 0.2) is 0 Å². The third-order valence-corrected chi connectivity index (χ3v) is 2.91. The van der Waals surface area contributed by atoms with Crippen LogP contribution in [0.25, 0.3) is 0 Å². The zero-order chi connectivity index (χ0) is 14.0.